The average molecular weight is 236 g/mol. The molecule has 4 heteroatoms. The van der Waals surface area contributed by atoms with Gasteiger partial charge in [0.2, 0.25) is 5.91 Å². The first kappa shape index (κ1) is 13.6. The molecule has 1 aromatic heterocycles. The molecule has 0 bridgehead atoms. The van der Waals surface area contributed by atoms with E-state index >= 15 is 0 Å². The van der Waals surface area contributed by atoms with Crippen LogP contribution in [0.5, 0.6) is 0 Å². The van der Waals surface area contributed by atoms with Gasteiger partial charge in [-0.1, -0.05) is 13.3 Å². The molecule has 0 aromatic carbocycles. The minimum absolute atomic E-state index is 0.104. The highest BCUT2D eigenvalue weighted by molar-refractivity contribution is 5.75. The normalized spacial score (nSPS) is 10.2. The van der Waals surface area contributed by atoms with E-state index in [9.17, 15) is 4.79 Å². The van der Waals surface area contributed by atoms with Gasteiger partial charge in [-0.15, -0.1) is 0 Å². The minimum atomic E-state index is 0.104. The summed E-state index contributed by atoms with van der Waals surface area (Å²) in [7, 11) is 1.65. The first-order valence-corrected chi connectivity index (χ1v) is 5.95. The number of rotatable bonds is 7. The van der Waals surface area contributed by atoms with Crippen LogP contribution in [0.2, 0.25) is 0 Å². The van der Waals surface area contributed by atoms with E-state index in [2.05, 4.69) is 17.2 Å². The maximum absolute atomic E-state index is 11.5. The van der Waals surface area contributed by atoms with Crippen molar-refractivity contribution < 1.29 is 9.53 Å². The maximum Gasteiger partial charge on any atom is 0.220 e. The van der Waals surface area contributed by atoms with E-state index in [-0.39, 0.29) is 5.91 Å². The molecule has 0 fully saturated rings. The average Bonchev–Trinajstić information content (AvgIpc) is 2.35. The standard InChI is InChI=1S/C13H20N2O2/c1-3-4-5-13(16)15-9-11-6-7-14-8-12(11)10-17-2/h6-8H,3-5,9-10H2,1-2H3,(H,15,16). The quantitative estimate of drug-likeness (QED) is 0.788. The third-order valence-corrected chi connectivity index (χ3v) is 2.54. The zero-order chi connectivity index (χ0) is 12.5. The van der Waals surface area contributed by atoms with Gasteiger partial charge in [0.1, 0.15) is 0 Å². The number of nitrogens with zero attached hydrogens (tertiary/aromatic N) is 1. The van der Waals surface area contributed by atoms with Gasteiger partial charge in [-0.05, 0) is 18.1 Å². The molecule has 1 N–H and O–H groups in total. The van der Waals surface area contributed by atoms with E-state index in [0.29, 0.717) is 19.6 Å². The third-order valence-electron chi connectivity index (χ3n) is 2.54. The Morgan fingerprint density at radius 3 is 3.00 bits per heavy atom. The van der Waals surface area contributed by atoms with Crippen molar-refractivity contribution in [3.63, 3.8) is 0 Å². The highest BCUT2D eigenvalue weighted by Crippen LogP contribution is 2.08. The summed E-state index contributed by atoms with van der Waals surface area (Å²) in [6, 6.07) is 1.91. The fourth-order valence-electron chi connectivity index (χ4n) is 1.53. The molecule has 1 aromatic rings. The number of hydrogen-bond donors (Lipinski definition) is 1. The van der Waals surface area contributed by atoms with Gasteiger partial charge in [-0.3, -0.25) is 9.78 Å². The molecular weight excluding hydrogens is 216 g/mol. The second-order valence-corrected chi connectivity index (χ2v) is 3.96. The first-order valence-electron chi connectivity index (χ1n) is 5.95. The lowest BCUT2D eigenvalue weighted by atomic mass is 10.1. The lowest BCUT2D eigenvalue weighted by Crippen LogP contribution is -2.23. The lowest BCUT2D eigenvalue weighted by molar-refractivity contribution is -0.121. The monoisotopic (exact) mass is 236 g/mol. The number of aromatic nitrogens is 1. The fraction of sp³-hybridized carbons (Fsp3) is 0.538. The van der Waals surface area contributed by atoms with Gasteiger partial charge >= 0.3 is 0 Å². The molecule has 1 heterocycles. The number of unbranched alkanes of at least 4 members (excludes halogenated alkanes) is 1. The molecule has 0 atom stereocenters. The number of carbonyl (C=O) groups is 1. The van der Waals surface area contributed by atoms with E-state index in [1.54, 1.807) is 19.5 Å². The van der Waals surface area contributed by atoms with Crippen molar-refractivity contribution in [1.82, 2.24) is 10.3 Å². The molecule has 94 valence electrons. The summed E-state index contributed by atoms with van der Waals surface area (Å²) in [6.07, 6.45) is 6.08. The van der Waals surface area contributed by atoms with E-state index in [1.807, 2.05) is 6.07 Å². The fourth-order valence-corrected chi connectivity index (χ4v) is 1.53. The number of carbonyl (C=O) groups excluding carboxylic acids is 1. The van der Waals surface area contributed by atoms with Gasteiger partial charge in [0.05, 0.1) is 6.61 Å². The van der Waals surface area contributed by atoms with Crippen LogP contribution in [-0.4, -0.2) is 18.0 Å². The summed E-state index contributed by atoms with van der Waals surface area (Å²) >= 11 is 0. The van der Waals surface area contributed by atoms with Crippen LogP contribution in [0.1, 0.15) is 37.3 Å². The van der Waals surface area contributed by atoms with E-state index < -0.39 is 0 Å². The Hall–Kier alpha value is -1.42. The van der Waals surface area contributed by atoms with Crippen LogP contribution in [0.25, 0.3) is 0 Å². The highest BCUT2D eigenvalue weighted by atomic mass is 16.5. The van der Waals surface area contributed by atoms with Crippen LogP contribution in [0.3, 0.4) is 0 Å². The number of nitrogens with one attached hydrogen (secondary N) is 1. The summed E-state index contributed by atoms with van der Waals surface area (Å²) in [5, 5.41) is 2.91. The lowest BCUT2D eigenvalue weighted by Gasteiger charge is -2.09. The predicted molar refractivity (Wildman–Crippen MR) is 66.3 cm³/mol. The Bertz CT molecular complexity index is 353. The van der Waals surface area contributed by atoms with Crippen molar-refractivity contribution >= 4 is 5.91 Å². The number of hydrogen-bond acceptors (Lipinski definition) is 3. The summed E-state index contributed by atoms with van der Waals surface area (Å²) in [5.41, 5.74) is 2.08. The molecule has 0 aliphatic heterocycles. The van der Waals surface area contributed by atoms with Gasteiger partial charge in [0.15, 0.2) is 0 Å². The van der Waals surface area contributed by atoms with Crippen LogP contribution >= 0.6 is 0 Å². The van der Waals surface area contributed by atoms with Crippen LogP contribution in [0, 0.1) is 0 Å². The summed E-state index contributed by atoms with van der Waals surface area (Å²) in [6.45, 7) is 3.14. The molecule has 0 spiro atoms. The number of pyridine rings is 1. The molecule has 0 aliphatic rings. The molecule has 0 aliphatic carbocycles. The van der Waals surface area contributed by atoms with Crippen molar-refractivity contribution in [2.45, 2.75) is 39.3 Å². The number of ether oxygens (including phenoxy) is 1. The van der Waals surface area contributed by atoms with E-state index in [1.165, 1.54) is 0 Å². The Morgan fingerprint density at radius 1 is 1.47 bits per heavy atom. The van der Waals surface area contributed by atoms with Gasteiger partial charge in [-0.25, -0.2) is 0 Å². The zero-order valence-corrected chi connectivity index (χ0v) is 10.5. The second kappa shape index (κ2) is 7.79. The van der Waals surface area contributed by atoms with Gasteiger partial charge < -0.3 is 10.1 Å². The van der Waals surface area contributed by atoms with Crippen molar-refractivity contribution in [1.29, 1.82) is 0 Å². The van der Waals surface area contributed by atoms with Gasteiger partial charge in [-0.2, -0.15) is 0 Å². The van der Waals surface area contributed by atoms with Crippen molar-refractivity contribution in [2.75, 3.05) is 7.11 Å². The number of amides is 1. The number of methoxy groups -OCH3 is 1. The Kier molecular flexibility index (Phi) is 6.25. The van der Waals surface area contributed by atoms with Crippen molar-refractivity contribution in [2.24, 2.45) is 0 Å². The molecule has 17 heavy (non-hydrogen) atoms. The summed E-state index contributed by atoms with van der Waals surface area (Å²) in [4.78, 5) is 15.5. The van der Waals surface area contributed by atoms with Crippen molar-refractivity contribution in [3.05, 3.63) is 29.6 Å². The third kappa shape index (κ3) is 4.95. The van der Waals surface area contributed by atoms with E-state index in [0.717, 1.165) is 24.0 Å². The summed E-state index contributed by atoms with van der Waals surface area (Å²) < 4.78 is 5.09. The largest absolute Gasteiger partial charge is 0.380 e. The van der Waals surface area contributed by atoms with E-state index in [4.69, 9.17) is 4.74 Å². The van der Waals surface area contributed by atoms with Crippen LogP contribution in [-0.2, 0) is 22.7 Å². The predicted octanol–water partition coefficient (Wildman–Crippen LogP) is 2.03. The van der Waals surface area contributed by atoms with Crippen LogP contribution < -0.4 is 5.32 Å². The Morgan fingerprint density at radius 2 is 2.29 bits per heavy atom. The van der Waals surface area contributed by atoms with Gasteiger partial charge in [0.25, 0.3) is 0 Å². The molecule has 4 nitrogen and oxygen atoms in total. The molecule has 0 saturated carbocycles. The first-order chi connectivity index (χ1) is 8.27. The molecule has 1 amide bonds. The molecule has 0 saturated heterocycles. The van der Waals surface area contributed by atoms with Gasteiger partial charge in [0, 0.05) is 38.0 Å². The maximum atomic E-state index is 11.5. The smallest absolute Gasteiger partial charge is 0.220 e. The molecule has 0 unspecified atom stereocenters. The molecule has 0 radical (unpaired) electrons. The topological polar surface area (TPSA) is 51.2 Å². The highest BCUT2D eigenvalue weighted by Gasteiger charge is 2.04. The second-order valence-electron chi connectivity index (χ2n) is 3.96. The molecular formula is C13H20N2O2. The minimum Gasteiger partial charge on any atom is -0.380 e. The molecule has 1 rings (SSSR count). The Labute approximate surface area is 102 Å². The summed E-state index contributed by atoms with van der Waals surface area (Å²) in [5.74, 6) is 0.104. The van der Waals surface area contributed by atoms with Crippen molar-refractivity contribution in [3.8, 4) is 0 Å². The zero-order valence-electron chi connectivity index (χ0n) is 10.5. The van der Waals surface area contributed by atoms with Crippen LogP contribution in [0.15, 0.2) is 18.5 Å². The Balaban J connectivity index is 2.47. The van der Waals surface area contributed by atoms with Crippen LogP contribution in [0.4, 0.5) is 0 Å². The SMILES string of the molecule is CCCCC(=O)NCc1ccncc1COC.